The van der Waals surface area contributed by atoms with Crippen LogP contribution in [0.25, 0.3) is 0 Å². The lowest BCUT2D eigenvalue weighted by Gasteiger charge is -2.63. The van der Waals surface area contributed by atoms with E-state index >= 15 is 0 Å². The number of ether oxygens (including phenoxy) is 3. The Labute approximate surface area is 302 Å². The summed E-state index contributed by atoms with van der Waals surface area (Å²) in [5, 5.41) is 11.7. The van der Waals surface area contributed by atoms with Crippen LogP contribution in [0, 0.1) is 52.3 Å². The van der Waals surface area contributed by atoms with Gasteiger partial charge in [0, 0.05) is 19.3 Å². The highest BCUT2D eigenvalue weighted by Crippen LogP contribution is 2.67. The third kappa shape index (κ3) is 7.81. The molecule has 5 nitrogen and oxygen atoms in total. The molecular weight excluding hydrogens is 620 g/mol. The summed E-state index contributed by atoms with van der Waals surface area (Å²) in [6.07, 6.45) is 12.2. The van der Waals surface area contributed by atoms with Crippen LogP contribution in [0.2, 0.25) is 0 Å². The van der Waals surface area contributed by atoms with E-state index in [2.05, 4.69) is 101 Å². The van der Waals surface area contributed by atoms with Gasteiger partial charge in [0.2, 0.25) is 0 Å². The predicted octanol–water partition coefficient (Wildman–Crippen LogP) is 9.96. The van der Waals surface area contributed by atoms with Crippen molar-refractivity contribution >= 4 is 5.97 Å². The number of fused-ring (bicyclic) bond motifs is 5. The molecule has 3 fully saturated rings. The monoisotopic (exact) mass is 684 g/mol. The van der Waals surface area contributed by atoms with Crippen LogP contribution >= 0.6 is 0 Å². The van der Waals surface area contributed by atoms with Crippen molar-refractivity contribution in [3.8, 4) is 0 Å². The van der Waals surface area contributed by atoms with Crippen LogP contribution in [-0.2, 0) is 32.2 Å². The molecular formula is C45H64O5. The summed E-state index contributed by atoms with van der Waals surface area (Å²) in [7, 11) is 0. The van der Waals surface area contributed by atoms with E-state index in [1.54, 1.807) is 0 Å². The molecule has 0 saturated heterocycles. The molecule has 0 spiro atoms. The van der Waals surface area contributed by atoms with Crippen LogP contribution in [-0.4, -0.2) is 36.0 Å². The van der Waals surface area contributed by atoms with E-state index in [1.807, 2.05) is 0 Å². The minimum Gasteiger partial charge on any atom is -0.466 e. The van der Waals surface area contributed by atoms with Crippen LogP contribution in [0.1, 0.15) is 110 Å². The summed E-state index contributed by atoms with van der Waals surface area (Å²) < 4.78 is 19.0. The second kappa shape index (κ2) is 16.0. The first-order valence-corrected chi connectivity index (χ1v) is 19.8. The van der Waals surface area contributed by atoms with Crippen molar-refractivity contribution < 1.29 is 24.1 Å². The maximum Gasteiger partial charge on any atom is 0.302 e. The van der Waals surface area contributed by atoms with Gasteiger partial charge in [-0.1, -0.05) is 107 Å². The summed E-state index contributed by atoms with van der Waals surface area (Å²) in [5.41, 5.74) is 4.23. The molecule has 2 aromatic carbocycles. The Morgan fingerprint density at radius 3 is 2.18 bits per heavy atom. The summed E-state index contributed by atoms with van der Waals surface area (Å²) in [4.78, 5) is 11.4. The number of aliphatic hydroxyl groups is 1. The molecule has 1 N–H and O–H groups in total. The Hall–Kier alpha value is -2.47. The number of carbonyl (C=O) groups is 1. The fourth-order valence-corrected chi connectivity index (χ4v) is 11.3. The molecule has 0 aliphatic heterocycles. The molecule has 274 valence electrons. The standard InChI is InChI=1S/C45H64O5/c1-30(2)35(22-24-48-32(4)46)25-42(47)31(3)39-19-20-40-38-18-17-36-26-37(49-28-33-13-9-7-10-14-33)27-43(50-29-34-15-11-8-12-16-34)45(36,6)41(38)21-23-44(39,40)5/h7-16,19,30-31,35-38,40-43,47H,17-18,20-29H2,1-6H3/t31-,35+,36?,37+,38?,40?,41?,42?,43+,44-,45+/m1/s1. The molecule has 0 bridgehead atoms. The van der Waals surface area contributed by atoms with Gasteiger partial charge in [0.25, 0.3) is 0 Å². The zero-order chi connectivity index (χ0) is 35.5. The molecule has 0 amide bonds. The van der Waals surface area contributed by atoms with Crippen molar-refractivity contribution in [2.75, 3.05) is 6.61 Å². The van der Waals surface area contributed by atoms with E-state index in [4.69, 9.17) is 14.2 Å². The second-order valence-electron chi connectivity index (χ2n) is 17.3. The van der Waals surface area contributed by atoms with E-state index < -0.39 is 6.10 Å². The molecule has 5 heteroatoms. The van der Waals surface area contributed by atoms with Crippen LogP contribution < -0.4 is 0 Å². The summed E-state index contributed by atoms with van der Waals surface area (Å²) in [5.74, 6) is 3.17. The molecule has 4 aliphatic carbocycles. The highest BCUT2D eigenvalue weighted by molar-refractivity contribution is 5.65. The van der Waals surface area contributed by atoms with Crippen molar-refractivity contribution in [1.29, 1.82) is 0 Å². The first-order chi connectivity index (χ1) is 24.0. The average Bonchev–Trinajstić information content (AvgIpc) is 3.46. The maximum absolute atomic E-state index is 11.7. The Bertz CT molecular complexity index is 1420. The lowest BCUT2D eigenvalue weighted by Crippen LogP contribution is -2.60. The lowest BCUT2D eigenvalue weighted by atomic mass is 9.43. The van der Waals surface area contributed by atoms with Gasteiger partial charge in [0.05, 0.1) is 38.1 Å². The molecule has 2 aromatic rings. The number of hydrogen-bond acceptors (Lipinski definition) is 5. The highest BCUT2D eigenvalue weighted by Gasteiger charge is 2.62. The number of aliphatic hydroxyl groups excluding tert-OH is 1. The van der Waals surface area contributed by atoms with Crippen molar-refractivity contribution in [3.05, 3.63) is 83.4 Å². The Balaban J connectivity index is 1.16. The number of esters is 1. The number of rotatable bonds is 14. The quantitative estimate of drug-likeness (QED) is 0.159. The lowest BCUT2D eigenvalue weighted by molar-refractivity contribution is -0.205. The molecule has 5 unspecified atom stereocenters. The van der Waals surface area contributed by atoms with E-state index in [9.17, 15) is 9.90 Å². The first-order valence-electron chi connectivity index (χ1n) is 19.8. The third-order valence-corrected chi connectivity index (χ3v) is 14.3. The van der Waals surface area contributed by atoms with Gasteiger partial charge in [-0.15, -0.1) is 0 Å². The van der Waals surface area contributed by atoms with Gasteiger partial charge in [-0.2, -0.15) is 0 Å². The second-order valence-corrected chi connectivity index (χ2v) is 17.3. The topological polar surface area (TPSA) is 65.0 Å². The van der Waals surface area contributed by atoms with E-state index in [0.717, 1.165) is 32.1 Å². The normalized spacial score (nSPS) is 33.8. The molecule has 0 radical (unpaired) electrons. The van der Waals surface area contributed by atoms with Crippen molar-refractivity contribution in [2.24, 2.45) is 52.3 Å². The Kier molecular flexibility index (Phi) is 12.0. The first kappa shape index (κ1) is 37.3. The van der Waals surface area contributed by atoms with Gasteiger partial charge in [0.1, 0.15) is 0 Å². The van der Waals surface area contributed by atoms with Crippen LogP contribution in [0.4, 0.5) is 0 Å². The summed E-state index contributed by atoms with van der Waals surface area (Å²) >= 11 is 0. The van der Waals surface area contributed by atoms with Crippen LogP contribution in [0.15, 0.2) is 72.3 Å². The Morgan fingerprint density at radius 2 is 1.54 bits per heavy atom. The SMILES string of the molecule is CC(=O)OCC[C@@H](CC(O)[C@H](C)C1=CCC2C3CCC4C[C@H](OCc5ccccc5)C[C@H](OCc5ccccc5)[C@]4(C)C3CC[C@]12C)C(C)C. The average molecular weight is 685 g/mol. The maximum atomic E-state index is 11.7. The van der Waals surface area contributed by atoms with Gasteiger partial charge in [-0.25, -0.2) is 0 Å². The summed E-state index contributed by atoms with van der Waals surface area (Å²) in [6.45, 7) is 15.0. The van der Waals surface area contributed by atoms with Gasteiger partial charge in [0.15, 0.2) is 0 Å². The Morgan fingerprint density at radius 1 is 0.880 bits per heavy atom. The predicted molar refractivity (Wildman–Crippen MR) is 200 cm³/mol. The zero-order valence-corrected chi connectivity index (χ0v) is 31.7. The molecule has 0 aromatic heterocycles. The minimum atomic E-state index is -0.394. The number of allylic oxidation sites excluding steroid dienone is 1. The van der Waals surface area contributed by atoms with Crippen molar-refractivity contribution in [3.63, 3.8) is 0 Å². The zero-order valence-electron chi connectivity index (χ0n) is 31.7. The fourth-order valence-electron chi connectivity index (χ4n) is 11.3. The summed E-state index contributed by atoms with van der Waals surface area (Å²) in [6, 6.07) is 21.3. The minimum absolute atomic E-state index is 0.117. The molecule has 3 saturated carbocycles. The van der Waals surface area contributed by atoms with Gasteiger partial charge in [-0.3, -0.25) is 4.79 Å². The fraction of sp³-hybridized carbons (Fsp3) is 0.667. The molecule has 4 aliphatic rings. The van der Waals surface area contributed by atoms with Gasteiger partial charge >= 0.3 is 5.97 Å². The molecule has 0 heterocycles. The largest absolute Gasteiger partial charge is 0.466 e. The van der Waals surface area contributed by atoms with E-state index in [0.29, 0.717) is 55.3 Å². The van der Waals surface area contributed by atoms with Crippen molar-refractivity contribution in [1.82, 2.24) is 0 Å². The number of hydrogen-bond donors (Lipinski definition) is 1. The van der Waals surface area contributed by atoms with Crippen LogP contribution in [0.3, 0.4) is 0 Å². The highest BCUT2D eigenvalue weighted by atomic mass is 16.5. The van der Waals surface area contributed by atoms with Crippen LogP contribution in [0.5, 0.6) is 0 Å². The smallest absolute Gasteiger partial charge is 0.302 e. The van der Waals surface area contributed by atoms with Crippen molar-refractivity contribution in [2.45, 2.75) is 131 Å². The molecule has 6 rings (SSSR count). The molecule has 11 atom stereocenters. The van der Waals surface area contributed by atoms with Gasteiger partial charge in [-0.05, 0) is 109 Å². The number of benzene rings is 2. The molecule has 50 heavy (non-hydrogen) atoms. The van der Waals surface area contributed by atoms with Gasteiger partial charge < -0.3 is 19.3 Å². The third-order valence-electron chi connectivity index (χ3n) is 14.3. The van der Waals surface area contributed by atoms with E-state index in [1.165, 1.54) is 49.3 Å². The number of carbonyl (C=O) groups excluding carboxylic acids is 1. The van der Waals surface area contributed by atoms with E-state index in [-0.39, 0.29) is 34.9 Å².